The van der Waals surface area contributed by atoms with Crippen LogP contribution in [0.3, 0.4) is 0 Å². The summed E-state index contributed by atoms with van der Waals surface area (Å²) in [6.07, 6.45) is -1.12. The summed E-state index contributed by atoms with van der Waals surface area (Å²) in [5.74, 6) is -0.971. The molecule has 0 aliphatic heterocycles. The number of amides is 2. The van der Waals surface area contributed by atoms with E-state index in [2.05, 4.69) is 0 Å². The Balaban J connectivity index is 2.42. The molecule has 0 aromatic heterocycles. The fraction of sp³-hybridized carbons (Fsp3) is 0.400. The molecule has 0 heterocycles. The number of imide groups is 1. The number of benzene rings is 1. The summed E-state index contributed by atoms with van der Waals surface area (Å²) in [4.78, 5) is 34.6. The molecule has 2 amide bonds. The average molecular weight is 312 g/mol. The Bertz CT molecular complexity index is 532. The summed E-state index contributed by atoms with van der Waals surface area (Å²) in [5.41, 5.74) is 0.0620. The molecular weight excluding hydrogens is 294 g/mol. The monoisotopic (exact) mass is 311 g/mol. The molecule has 1 aromatic carbocycles. The van der Waals surface area contributed by atoms with Gasteiger partial charge in [-0.1, -0.05) is 23.7 Å². The molecule has 0 saturated carbocycles. The topological polar surface area (TPSA) is 72.5 Å². The number of carbonyl (C=O) groups is 3. The number of carbonyl (C=O) groups excluding carboxylic acids is 3. The van der Waals surface area contributed by atoms with Crippen LogP contribution in [0.2, 0.25) is 5.02 Å². The van der Waals surface area contributed by atoms with Crippen molar-refractivity contribution in [2.24, 2.45) is 0 Å². The first-order valence-corrected chi connectivity index (χ1v) is 6.82. The van der Waals surface area contributed by atoms with Gasteiger partial charge in [-0.3, -0.25) is 14.9 Å². The summed E-state index contributed by atoms with van der Waals surface area (Å²) in [5, 5.41) is 2.60. The first-order valence-electron chi connectivity index (χ1n) is 6.45. The van der Waals surface area contributed by atoms with Gasteiger partial charge in [0.25, 0.3) is 0 Å². The van der Waals surface area contributed by atoms with E-state index in [0.717, 1.165) is 5.56 Å². The first-order chi connectivity index (χ1) is 9.65. The van der Waals surface area contributed by atoms with Gasteiger partial charge in [0.1, 0.15) is 11.4 Å². The normalized spacial score (nSPS) is 10.9. The van der Waals surface area contributed by atoms with Gasteiger partial charge < -0.3 is 4.74 Å². The number of ether oxygens (including phenoxy) is 1. The highest BCUT2D eigenvalue weighted by Crippen LogP contribution is 2.11. The number of rotatable bonds is 4. The third-order valence-electron chi connectivity index (χ3n) is 2.31. The van der Waals surface area contributed by atoms with E-state index in [9.17, 15) is 14.4 Å². The maximum absolute atomic E-state index is 11.7. The van der Waals surface area contributed by atoms with Crippen molar-refractivity contribution in [3.63, 3.8) is 0 Å². The number of nitrogens with one attached hydrogen (secondary N) is 1. The molecule has 114 valence electrons. The first kappa shape index (κ1) is 17.2. The van der Waals surface area contributed by atoms with Gasteiger partial charge in [-0.05, 0) is 38.5 Å². The Morgan fingerprint density at radius 2 is 1.71 bits per heavy atom. The molecule has 0 fully saturated rings. The van der Waals surface area contributed by atoms with Crippen LogP contribution in [-0.2, 0) is 20.7 Å². The van der Waals surface area contributed by atoms with E-state index in [1.54, 1.807) is 45.0 Å². The van der Waals surface area contributed by atoms with Crippen molar-refractivity contribution in [2.45, 2.75) is 39.2 Å². The van der Waals surface area contributed by atoms with Crippen molar-refractivity contribution in [2.75, 3.05) is 0 Å². The van der Waals surface area contributed by atoms with E-state index in [1.165, 1.54) is 0 Å². The summed E-state index contributed by atoms with van der Waals surface area (Å²) < 4.78 is 4.92. The molecule has 0 unspecified atom stereocenters. The molecule has 0 atom stereocenters. The van der Waals surface area contributed by atoms with E-state index in [0.29, 0.717) is 5.02 Å². The minimum absolute atomic E-state index is 0.110. The molecule has 5 nitrogen and oxygen atoms in total. The number of ketones is 1. The summed E-state index contributed by atoms with van der Waals surface area (Å²) in [6, 6.07) is 6.77. The Morgan fingerprint density at radius 1 is 1.14 bits per heavy atom. The zero-order chi connectivity index (χ0) is 16.0. The van der Waals surface area contributed by atoms with Crippen LogP contribution < -0.4 is 5.32 Å². The highest BCUT2D eigenvalue weighted by Gasteiger charge is 2.19. The van der Waals surface area contributed by atoms with Gasteiger partial charge in [0, 0.05) is 11.4 Å². The highest BCUT2D eigenvalue weighted by molar-refractivity contribution is 6.30. The molecule has 0 aliphatic carbocycles. The van der Waals surface area contributed by atoms with E-state index in [-0.39, 0.29) is 18.6 Å². The van der Waals surface area contributed by atoms with Crippen LogP contribution >= 0.6 is 11.6 Å². The molecular formula is C15H18ClNO4. The SMILES string of the molecule is CC(C)(C)OC(=O)NC(=O)CC(=O)Cc1ccc(Cl)cc1. The highest BCUT2D eigenvalue weighted by atomic mass is 35.5. The molecule has 1 rings (SSSR count). The standard InChI is InChI=1S/C15H18ClNO4/c1-15(2,3)21-14(20)17-13(19)9-12(18)8-10-4-6-11(16)7-5-10/h4-7H,8-9H2,1-3H3,(H,17,19,20). The lowest BCUT2D eigenvalue weighted by atomic mass is 10.1. The van der Waals surface area contributed by atoms with Crippen LogP contribution in [0.25, 0.3) is 0 Å². The van der Waals surface area contributed by atoms with Crippen molar-refractivity contribution in [3.8, 4) is 0 Å². The average Bonchev–Trinajstić information content (AvgIpc) is 2.28. The predicted octanol–water partition coefficient (Wildman–Crippen LogP) is 2.89. The van der Waals surface area contributed by atoms with E-state index in [1.807, 2.05) is 5.32 Å². The Labute approximate surface area is 128 Å². The second kappa shape index (κ2) is 7.22. The lowest BCUT2D eigenvalue weighted by molar-refractivity contribution is -0.127. The molecule has 1 aromatic rings. The molecule has 0 spiro atoms. The van der Waals surface area contributed by atoms with Gasteiger partial charge in [-0.15, -0.1) is 0 Å². The Hall–Kier alpha value is -1.88. The molecule has 0 bridgehead atoms. The molecule has 0 aliphatic rings. The van der Waals surface area contributed by atoms with Crippen molar-refractivity contribution < 1.29 is 19.1 Å². The number of Topliss-reactive ketones (excluding diaryl/α,β-unsaturated/α-hetero) is 1. The zero-order valence-electron chi connectivity index (χ0n) is 12.2. The number of hydrogen-bond donors (Lipinski definition) is 1. The third-order valence-corrected chi connectivity index (χ3v) is 2.56. The van der Waals surface area contributed by atoms with Crippen molar-refractivity contribution in [1.82, 2.24) is 5.32 Å². The summed E-state index contributed by atoms with van der Waals surface area (Å²) >= 11 is 5.74. The minimum atomic E-state index is -0.855. The fourth-order valence-corrected chi connectivity index (χ4v) is 1.66. The maximum Gasteiger partial charge on any atom is 0.414 e. The second-order valence-corrected chi connectivity index (χ2v) is 6.01. The van der Waals surface area contributed by atoms with E-state index < -0.39 is 17.6 Å². The predicted molar refractivity (Wildman–Crippen MR) is 79.2 cm³/mol. The quantitative estimate of drug-likeness (QED) is 0.868. The van der Waals surface area contributed by atoms with E-state index >= 15 is 0 Å². The summed E-state index contributed by atoms with van der Waals surface area (Å²) in [7, 11) is 0. The number of alkyl carbamates (subject to hydrolysis) is 1. The fourth-order valence-electron chi connectivity index (χ4n) is 1.53. The lowest BCUT2D eigenvalue weighted by Crippen LogP contribution is -2.37. The Kier molecular flexibility index (Phi) is 5.90. The van der Waals surface area contributed by atoms with Gasteiger partial charge in [0.2, 0.25) is 5.91 Å². The van der Waals surface area contributed by atoms with E-state index in [4.69, 9.17) is 16.3 Å². The molecule has 0 saturated heterocycles. The minimum Gasteiger partial charge on any atom is -0.444 e. The van der Waals surface area contributed by atoms with Crippen molar-refractivity contribution in [3.05, 3.63) is 34.9 Å². The summed E-state index contributed by atoms with van der Waals surface area (Å²) in [6.45, 7) is 5.05. The molecule has 0 radical (unpaired) electrons. The van der Waals surface area contributed by atoms with Crippen LogP contribution in [0, 0.1) is 0 Å². The van der Waals surface area contributed by atoms with Crippen molar-refractivity contribution in [1.29, 1.82) is 0 Å². The van der Waals surface area contributed by atoms with Crippen LogP contribution in [-0.4, -0.2) is 23.4 Å². The third kappa shape index (κ3) is 7.46. The van der Waals surface area contributed by atoms with Gasteiger partial charge in [0.05, 0.1) is 6.42 Å². The molecule has 6 heteroatoms. The second-order valence-electron chi connectivity index (χ2n) is 5.57. The maximum atomic E-state index is 11.7. The zero-order valence-corrected chi connectivity index (χ0v) is 13.0. The van der Waals surface area contributed by atoms with Gasteiger partial charge in [0.15, 0.2) is 0 Å². The van der Waals surface area contributed by atoms with Crippen LogP contribution in [0.4, 0.5) is 4.79 Å². The molecule has 21 heavy (non-hydrogen) atoms. The van der Waals surface area contributed by atoms with Crippen LogP contribution in [0.15, 0.2) is 24.3 Å². The lowest BCUT2D eigenvalue weighted by Gasteiger charge is -2.19. The van der Waals surface area contributed by atoms with Gasteiger partial charge in [-0.25, -0.2) is 4.79 Å². The van der Waals surface area contributed by atoms with Crippen LogP contribution in [0.1, 0.15) is 32.8 Å². The van der Waals surface area contributed by atoms with Crippen LogP contribution in [0.5, 0.6) is 0 Å². The Morgan fingerprint density at radius 3 is 2.24 bits per heavy atom. The number of halogens is 1. The molecule has 1 N–H and O–H groups in total. The smallest absolute Gasteiger partial charge is 0.414 e. The van der Waals surface area contributed by atoms with Crippen molar-refractivity contribution >= 4 is 29.4 Å². The van der Waals surface area contributed by atoms with Gasteiger partial charge >= 0.3 is 6.09 Å². The largest absolute Gasteiger partial charge is 0.444 e. The van der Waals surface area contributed by atoms with Gasteiger partial charge in [-0.2, -0.15) is 0 Å². The number of hydrogen-bond acceptors (Lipinski definition) is 4.